The zero-order valence-corrected chi connectivity index (χ0v) is 13.3. The Balaban J connectivity index is 2.19. The zero-order valence-electron chi connectivity index (χ0n) is 10.2. The molecule has 19 heavy (non-hydrogen) atoms. The van der Waals surface area contributed by atoms with Crippen molar-refractivity contribution in [3.63, 3.8) is 0 Å². The largest absolute Gasteiger partial charge is 0.508 e. The molecule has 2 nitrogen and oxygen atoms in total. The molecule has 0 saturated heterocycles. The standard InChI is InChI=1S/C14H12Br2FNO/c1-8-4-11(16)12(17)6-13(8)18-7-9-5-10(15)2-3-14(9)19/h2-6,18-19H,7H2,1H3. The molecule has 0 unspecified atom stereocenters. The monoisotopic (exact) mass is 387 g/mol. The number of aromatic hydroxyl groups is 1. The van der Waals surface area contributed by atoms with Crippen LogP contribution in [0.15, 0.2) is 39.3 Å². The van der Waals surface area contributed by atoms with Crippen molar-refractivity contribution in [3.05, 3.63) is 56.2 Å². The molecule has 0 bridgehead atoms. The Bertz CT molecular complexity index is 617. The molecule has 0 radical (unpaired) electrons. The molecule has 0 aliphatic heterocycles. The first-order chi connectivity index (χ1) is 8.97. The average molecular weight is 389 g/mol. The van der Waals surface area contributed by atoms with Gasteiger partial charge in [0.2, 0.25) is 0 Å². The van der Waals surface area contributed by atoms with Crippen molar-refractivity contribution in [3.8, 4) is 5.75 Å². The third-order valence-electron chi connectivity index (χ3n) is 2.78. The predicted octanol–water partition coefficient (Wildman–Crippen LogP) is 4.98. The summed E-state index contributed by atoms with van der Waals surface area (Å²) in [5, 5.41) is 12.9. The molecule has 0 aliphatic carbocycles. The first kappa shape index (κ1) is 14.3. The third kappa shape index (κ3) is 3.48. The number of aryl methyl sites for hydroxylation is 1. The molecule has 0 atom stereocenters. The van der Waals surface area contributed by atoms with E-state index >= 15 is 0 Å². The van der Waals surface area contributed by atoms with E-state index in [0.29, 0.717) is 16.7 Å². The summed E-state index contributed by atoms with van der Waals surface area (Å²) in [6, 6.07) is 8.37. The Morgan fingerprint density at radius 2 is 1.95 bits per heavy atom. The summed E-state index contributed by atoms with van der Waals surface area (Å²) in [5.41, 5.74) is 2.39. The van der Waals surface area contributed by atoms with Crippen LogP contribution in [0.4, 0.5) is 10.1 Å². The van der Waals surface area contributed by atoms with Gasteiger partial charge in [0, 0.05) is 22.3 Å². The van der Waals surface area contributed by atoms with Crippen molar-refractivity contribution in [2.75, 3.05) is 5.32 Å². The van der Waals surface area contributed by atoms with Crippen molar-refractivity contribution >= 4 is 37.5 Å². The van der Waals surface area contributed by atoms with E-state index in [1.807, 2.05) is 13.0 Å². The van der Waals surface area contributed by atoms with Gasteiger partial charge in [-0.15, -0.1) is 0 Å². The second-order valence-electron chi connectivity index (χ2n) is 4.21. The zero-order chi connectivity index (χ0) is 14.0. The van der Waals surface area contributed by atoms with Crippen LogP contribution in [0.5, 0.6) is 5.75 Å². The molecule has 2 rings (SSSR count). The number of nitrogens with one attached hydrogen (secondary N) is 1. The van der Waals surface area contributed by atoms with E-state index in [9.17, 15) is 9.50 Å². The van der Waals surface area contributed by atoms with Crippen molar-refractivity contribution in [1.29, 1.82) is 0 Å². The van der Waals surface area contributed by atoms with Crippen molar-refractivity contribution in [2.24, 2.45) is 0 Å². The second-order valence-corrected chi connectivity index (χ2v) is 5.98. The number of hydrogen-bond acceptors (Lipinski definition) is 2. The molecule has 0 fully saturated rings. The molecule has 0 aromatic heterocycles. The van der Waals surface area contributed by atoms with Gasteiger partial charge in [-0.05, 0) is 58.7 Å². The molecule has 0 heterocycles. The van der Waals surface area contributed by atoms with Crippen LogP contribution in [-0.4, -0.2) is 5.11 Å². The molecule has 0 amide bonds. The molecule has 0 spiro atoms. The maximum Gasteiger partial charge on any atom is 0.139 e. The van der Waals surface area contributed by atoms with E-state index in [2.05, 4.69) is 37.2 Å². The van der Waals surface area contributed by atoms with E-state index in [0.717, 1.165) is 15.6 Å². The maximum atomic E-state index is 13.5. The lowest BCUT2D eigenvalue weighted by molar-refractivity contribution is 0.469. The van der Waals surface area contributed by atoms with Gasteiger partial charge in [-0.3, -0.25) is 0 Å². The van der Waals surface area contributed by atoms with Gasteiger partial charge in [0.25, 0.3) is 0 Å². The van der Waals surface area contributed by atoms with Crippen LogP contribution < -0.4 is 5.32 Å². The van der Waals surface area contributed by atoms with Crippen LogP contribution in [0.3, 0.4) is 0 Å². The first-order valence-electron chi connectivity index (χ1n) is 5.64. The van der Waals surface area contributed by atoms with Crippen LogP contribution in [0.25, 0.3) is 0 Å². The Morgan fingerprint density at radius 1 is 1.21 bits per heavy atom. The Kier molecular flexibility index (Phi) is 4.47. The molecule has 0 saturated carbocycles. The summed E-state index contributed by atoms with van der Waals surface area (Å²) in [6.07, 6.45) is 0. The molecule has 2 N–H and O–H groups in total. The average Bonchev–Trinajstić information content (AvgIpc) is 2.36. The van der Waals surface area contributed by atoms with E-state index in [-0.39, 0.29) is 11.6 Å². The summed E-state index contributed by atoms with van der Waals surface area (Å²) in [4.78, 5) is 0. The molecule has 100 valence electrons. The fourth-order valence-electron chi connectivity index (χ4n) is 1.72. The van der Waals surface area contributed by atoms with Gasteiger partial charge < -0.3 is 10.4 Å². The lowest BCUT2D eigenvalue weighted by Gasteiger charge is -2.12. The van der Waals surface area contributed by atoms with E-state index in [1.165, 1.54) is 6.07 Å². The van der Waals surface area contributed by atoms with E-state index < -0.39 is 0 Å². The van der Waals surface area contributed by atoms with Crippen LogP contribution in [-0.2, 0) is 6.54 Å². The number of benzene rings is 2. The highest BCUT2D eigenvalue weighted by Crippen LogP contribution is 2.26. The second kappa shape index (κ2) is 5.92. The highest BCUT2D eigenvalue weighted by Gasteiger charge is 2.07. The van der Waals surface area contributed by atoms with Crippen LogP contribution >= 0.6 is 31.9 Å². The molecule has 2 aromatic rings. The summed E-state index contributed by atoms with van der Waals surface area (Å²) < 4.78 is 14.8. The van der Waals surface area contributed by atoms with Gasteiger partial charge >= 0.3 is 0 Å². The topological polar surface area (TPSA) is 32.3 Å². The minimum absolute atomic E-state index is 0.214. The van der Waals surface area contributed by atoms with Gasteiger partial charge in [0.15, 0.2) is 0 Å². The Labute approximate surface area is 127 Å². The quantitative estimate of drug-likeness (QED) is 0.777. The Morgan fingerprint density at radius 3 is 2.68 bits per heavy atom. The first-order valence-corrected chi connectivity index (χ1v) is 7.23. The Hall–Kier alpha value is -1.07. The molecule has 0 aliphatic rings. The molecule has 5 heteroatoms. The maximum absolute atomic E-state index is 13.5. The molecule has 2 aromatic carbocycles. The number of anilines is 1. The SMILES string of the molecule is Cc1cc(Br)c(F)cc1NCc1cc(Br)ccc1O. The summed E-state index contributed by atoms with van der Waals surface area (Å²) >= 11 is 6.50. The number of rotatable bonds is 3. The van der Waals surface area contributed by atoms with Gasteiger partial charge in [-0.1, -0.05) is 15.9 Å². The van der Waals surface area contributed by atoms with Crippen LogP contribution in [0.1, 0.15) is 11.1 Å². The fraction of sp³-hybridized carbons (Fsp3) is 0.143. The van der Waals surface area contributed by atoms with Crippen LogP contribution in [0, 0.1) is 12.7 Å². The normalized spacial score (nSPS) is 10.5. The lowest BCUT2D eigenvalue weighted by Crippen LogP contribution is -2.02. The van der Waals surface area contributed by atoms with Crippen molar-refractivity contribution in [2.45, 2.75) is 13.5 Å². The number of phenols is 1. The molecular weight excluding hydrogens is 377 g/mol. The van der Waals surface area contributed by atoms with E-state index in [4.69, 9.17) is 0 Å². The van der Waals surface area contributed by atoms with Gasteiger partial charge in [-0.2, -0.15) is 0 Å². The molecular formula is C14H12Br2FNO. The smallest absolute Gasteiger partial charge is 0.139 e. The van der Waals surface area contributed by atoms with Crippen molar-refractivity contribution < 1.29 is 9.50 Å². The number of hydrogen-bond donors (Lipinski definition) is 2. The van der Waals surface area contributed by atoms with Crippen molar-refractivity contribution in [1.82, 2.24) is 0 Å². The lowest BCUT2D eigenvalue weighted by atomic mass is 10.1. The van der Waals surface area contributed by atoms with E-state index in [1.54, 1.807) is 18.2 Å². The van der Waals surface area contributed by atoms with Gasteiger partial charge in [0.05, 0.1) is 4.47 Å². The van der Waals surface area contributed by atoms with Crippen LogP contribution in [0.2, 0.25) is 0 Å². The summed E-state index contributed by atoms with van der Waals surface area (Å²) in [6.45, 7) is 2.32. The van der Waals surface area contributed by atoms with Gasteiger partial charge in [0.1, 0.15) is 11.6 Å². The minimum atomic E-state index is -0.313. The van der Waals surface area contributed by atoms with Gasteiger partial charge in [-0.25, -0.2) is 4.39 Å². The summed E-state index contributed by atoms with van der Waals surface area (Å²) in [7, 11) is 0. The minimum Gasteiger partial charge on any atom is -0.508 e. The highest BCUT2D eigenvalue weighted by molar-refractivity contribution is 9.10. The highest BCUT2D eigenvalue weighted by atomic mass is 79.9. The number of phenolic OH excluding ortho intramolecular Hbond substituents is 1. The predicted molar refractivity (Wildman–Crippen MR) is 82.0 cm³/mol. The number of halogens is 3. The third-order valence-corrected chi connectivity index (χ3v) is 3.88. The summed E-state index contributed by atoms with van der Waals surface area (Å²) in [5.74, 6) is -0.0995. The fourth-order valence-corrected chi connectivity index (χ4v) is 2.59.